The van der Waals surface area contributed by atoms with Gasteiger partial charge in [-0.2, -0.15) is 0 Å². The number of halogens is 2. The van der Waals surface area contributed by atoms with Gasteiger partial charge in [0.15, 0.2) is 0 Å². The van der Waals surface area contributed by atoms with Gasteiger partial charge >= 0.3 is 6.09 Å². The third-order valence-corrected chi connectivity index (χ3v) is 7.56. The highest BCUT2D eigenvalue weighted by atomic mass is 79.9. The second kappa shape index (κ2) is 16.2. The fraction of sp³-hybridized carbons (Fsp3) is 0.265. The van der Waals surface area contributed by atoms with E-state index >= 15 is 0 Å². The van der Waals surface area contributed by atoms with Crippen LogP contribution in [0.5, 0.6) is 11.5 Å². The van der Waals surface area contributed by atoms with E-state index in [2.05, 4.69) is 68.4 Å². The Morgan fingerprint density at radius 3 is 1.41 bits per heavy atom. The topological polar surface area (TPSA) is 78.8 Å². The highest BCUT2D eigenvalue weighted by Crippen LogP contribution is 2.31. The van der Waals surface area contributed by atoms with Crippen LogP contribution in [0.25, 0.3) is 0 Å². The van der Waals surface area contributed by atoms with E-state index in [9.17, 15) is 15.0 Å². The maximum Gasteiger partial charge on any atom is 0.407 e. The minimum Gasteiger partial charge on any atom is -0.508 e. The molecule has 1 amide bonds. The molecule has 4 aromatic rings. The Morgan fingerprint density at radius 1 is 0.683 bits per heavy atom. The zero-order chi connectivity index (χ0) is 29.8. The number of ether oxygens (including phenoxy) is 1. The molecule has 0 bridgehead atoms. The van der Waals surface area contributed by atoms with Gasteiger partial charge in [0, 0.05) is 27.3 Å². The first kappa shape index (κ1) is 32.2. The number of aromatic hydroxyl groups is 2. The van der Waals surface area contributed by atoms with E-state index in [1.165, 1.54) is 11.1 Å². The van der Waals surface area contributed by atoms with Gasteiger partial charge in [0.05, 0.1) is 6.10 Å². The van der Waals surface area contributed by atoms with Crippen molar-refractivity contribution in [2.75, 3.05) is 6.54 Å². The van der Waals surface area contributed by atoms with Crippen molar-refractivity contribution in [2.45, 2.75) is 51.6 Å². The number of carbonyl (C=O) groups is 1. The Hall–Kier alpha value is -3.29. The maximum atomic E-state index is 11.7. The second-order valence-electron chi connectivity index (χ2n) is 10.0. The SMILES string of the molecule is CC(C)OC(=O)NCC(c1ccc(O)cc1)c1ccc(Br)cc1.CCCC(c1ccc(O)cc1)c1ccc(Br)cc1. The van der Waals surface area contributed by atoms with E-state index in [0.717, 1.165) is 32.9 Å². The first-order chi connectivity index (χ1) is 19.7. The van der Waals surface area contributed by atoms with Crippen molar-refractivity contribution in [2.24, 2.45) is 0 Å². The normalized spacial score (nSPS) is 12.1. The average molecular weight is 683 g/mol. The van der Waals surface area contributed by atoms with E-state index in [1.807, 2.05) is 62.4 Å². The zero-order valence-electron chi connectivity index (χ0n) is 23.6. The number of hydrogen-bond acceptors (Lipinski definition) is 4. The van der Waals surface area contributed by atoms with Crippen LogP contribution in [-0.4, -0.2) is 29.0 Å². The highest BCUT2D eigenvalue weighted by Gasteiger charge is 2.17. The predicted molar refractivity (Wildman–Crippen MR) is 173 cm³/mol. The molecule has 0 saturated carbocycles. The average Bonchev–Trinajstić information content (AvgIpc) is 2.95. The van der Waals surface area contributed by atoms with Crippen LogP contribution in [0.1, 0.15) is 67.7 Å². The molecule has 0 aliphatic heterocycles. The molecule has 7 heteroatoms. The number of rotatable bonds is 9. The monoisotopic (exact) mass is 681 g/mol. The summed E-state index contributed by atoms with van der Waals surface area (Å²) in [5, 5.41) is 21.6. The van der Waals surface area contributed by atoms with Gasteiger partial charge in [-0.25, -0.2) is 4.79 Å². The second-order valence-corrected chi connectivity index (χ2v) is 11.8. The molecule has 0 saturated heterocycles. The van der Waals surface area contributed by atoms with Gasteiger partial charge in [-0.3, -0.25) is 0 Å². The molecule has 0 spiro atoms. The molecule has 0 heterocycles. The van der Waals surface area contributed by atoms with Crippen molar-refractivity contribution in [3.63, 3.8) is 0 Å². The Labute approximate surface area is 259 Å². The molecule has 4 aromatic carbocycles. The van der Waals surface area contributed by atoms with Crippen molar-refractivity contribution in [1.29, 1.82) is 0 Å². The molecular formula is C34H37Br2NO4. The maximum absolute atomic E-state index is 11.7. The van der Waals surface area contributed by atoms with E-state index in [4.69, 9.17) is 4.74 Å². The number of benzene rings is 4. The van der Waals surface area contributed by atoms with E-state index in [-0.39, 0.29) is 17.8 Å². The summed E-state index contributed by atoms with van der Waals surface area (Å²) < 4.78 is 7.21. The number of nitrogens with one attached hydrogen (secondary N) is 1. The lowest BCUT2D eigenvalue weighted by Crippen LogP contribution is -2.31. The van der Waals surface area contributed by atoms with E-state index in [0.29, 0.717) is 18.2 Å². The summed E-state index contributed by atoms with van der Waals surface area (Å²) in [5.74, 6) is 0.924. The minimum atomic E-state index is -0.430. The lowest BCUT2D eigenvalue weighted by molar-refractivity contribution is 0.115. The van der Waals surface area contributed by atoms with Gasteiger partial charge in [0.25, 0.3) is 0 Å². The van der Waals surface area contributed by atoms with Crippen LogP contribution in [0, 0.1) is 0 Å². The first-order valence-corrected chi connectivity index (χ1v) is 15.3. The summed E-state index contributed by atoms with van der Waals surface area (Å²) >= 11 is 6.89. The van der Waals surface area contributed by atoms with Crippen LogP contribution < -0.4 is 5.32 Å². The number of alkyl carbamates (subject to hydrolysis) is 1. The van der Waals surface area contributed by atoms with Gasteiger partial charge in [-0.05, 0) is 91.1 Å². The summed E-state index contributed by atoms with van der Waals surface area (Å²) in [5.41, 5.74) is 4.67. The Balaban J connectivity index is 0.000000232. The molecule has 0 aliphatic rings. The minimum absolute atomic E-state index is 0.0246. The number of phenols is 2. The Morgan fingerprint density at radius 2 is 1.05 bits per heavy atom. The first-order valence-electron chi connectivity index (χ1n) is 13.7. The number of amides is 1. The van der Waals surface area contributed by atoms with Crippen LogP contribution in [-0.2, 0) is 4.74 Å². The summed E-state index contributed by atoms with van der Waals surface area (Å²) in [6.07, 6.45) is 1.67. The quantitative estimate of drug-likeness (QED) is 0.164. The summed E-state index contributed by atoms with van der Waals surface area (Å²) in [7, 11) is 0. The van der Waals surface area contributed by atoms with Gasteiger partial charge in [0.2, 0.25) is 0 Å². The van der Waals surface area contributed by atoms with Crippen molar-refractivity contribution >= 4 is 38.0 Å². The van der Waals surface area contributed by atoms with Gasteiger partial charge in [-0.1, -0.05) is 93.7 Å². The molecule has 0 fully saturated rings. The highest BCUT2D eigenvalue weighted by molar-refractivity contribution is 9.10. The largest absolute Gasteiger partial charge is 0.508 e. The molecule has 216 valence electrons. The van der Waals surface area contributed by atoms with Crippen LogP contribution in [0.15, 0.2) is 106 Å². The van der Waals surface area contributed by atoms with E-state index < -0.39 is 6.09 Å². The molecule has 2 unspecified atom stereocenters. The standard InChI is InChI=1S/C18H20BrNO3.C16H17BrO/c1-12(2)23-18(22)20-11-17(13-3-7-15(19)8-4-13)14-5-9-16(21)10-6-14;1-2-3-16(12-4-8-14(17)9-5-12)13-6-10-15(18)11-7-13/h3-10,12,17,21H,11H2,1-2H3,(H,20,22);4-11,16,18H,2-3H2,1H3. The summed E-state index contributed by atoms with van der Waals surface area (Å²) in [4.78, 5) is 11.7. The van der Waals surface area contributed by atoms with Crippen LogP contribution in [0.2, 0.25) is 0 Å². The fourth-order valence-electron chi connectivity index (χ4n) is 4.49. The molecular weight excluding hydrogens is 646 g/mol. The summed E-state index contributed by atoms with van der Waals surface area (Å²) in [6, 6.07) is 31.0. The van der Waals surface area contributed by atoms with Crippen molar-refractivity contribution in [1.82, 2.24) is 5.32 Å². The Bertz CT molecular complexity index is 1250. The number of phenolic OH excluding ortho intramolecular Hbond substituents is 2. The zero-order valence-corrected chi connectivity index (χ0v) is 26.7. The fourth-order valence-corrected chi connectivity index (χ4v) is 5.02. The predicted octanol–water partition coefficient (Wildman–Crippen LogP) is 9.51. The molecule has 0 radical (unpaired) electrons. The molecule has 0 aliphatic carbocycles. The lowest BCUT2D eigenvalue weighted by atomic mass is 9.88. The van der Waals surface area contributed by atoms with Crippen molar-refractivity contribution < 1.29 is 19.7 Å². The lowest BCUT2D eigenvalue weighted by Gasteiger charge is -2.19. The van der Waals surface area contributed by atoms with E-state index in [1.54, 1.807) is 24.3 Å². The third-order valence-electron chi connectivity index (χ3n) is 6.51. The van der Waals surface area contributed by atoms with Gasteiger partial charge in [-0.15, -0.1) is 0 Å². The smallest absolute Gasteiger partial charge is 0.407 e. The molecule has 41 heavy (non-hydrogen) atoms. The molecule has 4 rings (SSSR count). The number of carbonyl (C=O) groups excluding carboxylic acids is 1. The van der Waals surface area contributed by atoms with Gasteiger partial charge in [0.1, 0.15) is 11.5 Å². The molecule has 5 nitrogen and oxygen atoms in total. The van der Waals surface area contributed by atoms with Crippen molar-refractivity contribution in [3.05, 3.63) is 128 Å². The third kappa shape index (κ3) is 10.6. The molecule has 3 N–H and O–H groups in total. The summed E-state index contributed by atoms with van der Waals surface area (Å²) in [6.45, 7) is 6.24. The van der Waals surface area contributed by atoms with Crippen LogP contribution in [0.4, 0.5) is 4.79 Å². The van der Waals surface area contributed by atoms with Crippen LogP contribution in [0.3, 0.4) is 0 Å². The van der Waals surface area contributed by atoms with Crippen molar-refractivity contribution in [3.8, 4) is 11.5 Å². The number of hydrogen-bond donors (Lipinski definition) is 3. The Kier molecular flexibility index (Phi) is 12.8. The molecule has 2 atom stereocenters. The van der Waals surface area contributed by atoms with Crippen LogP contribution >= 0.6 is 31.9 Å². The molecule has 0 aromatic heterocycles. The van der Waals surface area contributed by atoms with Gasteiger partial charge < -0.3 is 20.3 Å².